The zero-order chi connectivity index (χ0) is 15.7. The van der Waals surface area contributed by atoms with Gasteiger partial charge in [-0.2, -0.15) is 4.98 Å². The highest BCUT2D eigenvalue weighted by molar-refractivity contribution is 5.89. The zero-order valence-electron chi connectivity index (χ0n) is 11.7. The number of H-pyrrole nitrogens is 1. The molecule has 0 radical (unpaired) electrons. The van der Waals surface area contributed by atoms with Crippen LogP contribution in [-0.2, 0) is 11.3 Å². The van der Waals surface area contributed by atoms with Crippen LogP contribution in [0.4, 0.5) is 5.95 Å². The van der Waals surface area contributed by atoms with Crippen molar-refractivity contribution in [2.45, 2.75) is 6.54 Å². The third-order valence-corrected chi connectivity index (χ3v) is 3.23. The number of nitrogen functional groups attached to an aromatic ring is 1. The van der Waals surface area contributed by atoms with Crippen LogP contribution in [0.25, 0.3) is 11.2 Å². The summed E-state index contributed by atoms with van der Waals surface area (Å²) >= 11 is 0. The molecule has 0 amide bonds. The average Bonchev–Trinajstić information content (AvgIpc) is 2.90. The Morgan fingerprint density at radius 2 is 2.09 bits per heavy atom. The van der Waals surface area contributed by atoms with Gasteiger partial charge in [0.05, 0.1) is 19.0 Å². The lowest BCUT2D eigenvalue weighted by atomic mass is 10.1. The van der Waals surface area contributed by atoms with E-state index in [0.717, 1.165) is 5.56 Å². The van der Waals surface area contributed by atoms with Gasteiger partial charge in [-0.25, -0.2) is 9.78 Å². The second kappa shape index (κ2) is 5.32. The predicted octanol–water partition coefficient (Wildman–Crippen LogP) is 0.537. The molecule has 22 heavy (non-hydrogen) atoms. The van der Waals surface area contributed by atoms with E-state index in [-0.39, 0.29) is 11.5 Å². The van der Waals surface area contributed by atoms with Gasteiger partial charge in [0.15, 0.2) is 11.2 Å². The number of nitrogens with zero attached hydrogens (tertiary/aromatic N) is 3. The Hall–Kier alpha value is -3.16. The van der Waals surface area contributed by atoms with E-state index >= 15 is 0 Å². The number of rotatable bonds is 3. The average molecular weight is 299 g/mol. The maximum atomic E-state index is 12.0. The molecule has 0 fully saturated rings. The van der Waals surface area contributed by atoms with Gasteiger partial charge in [-0.05, 0) is 17.7 Å². The van der Waals surface area contributed by atoms with Gasteiger partial charge in [-0.15, -0.1) is 0 Å². The summed E-state index contributed by atoms with van der Waals surface area (Å²) in [5.41, 5.74) is 7.17. The molecular weight excluding hydrogens is 286 g/mol. The SMILES string of the molecule is COC(=O)c1ccc(Cn2cnc3nc(N)[nH]c(=O)c32)cc1. The van der Waals surface area contributed by atoms with Crippen molar-refractivity contribution in [1.29, 1.82) is 0 Å². The first kappa shape index (κ1) is 13.8. The number of fused-ring (bicyclic) bond motifs is 1. The fourth-order valence-electron chi connectivity index (χ4n) is 2.18. The molecule has 0 atom stereocenters. The Labute approximate surface area is 124 Å². The monoisotopic (exact) mass is 299 g/mol. The van der Waals surface area contributed by atoms with Gasteiger partial charge >= 0.3 is 5.97 Å². The number of ether oxygens (including phenoxy) is 1. The number of carbonyl (C=O) groups is 1. The van der Waals surface area contributed by atoms with E-state index in [0.29, 0.717) is 23.3 Å². The fourth-order valence-corrected chi connectivity index (χ4v) is 2.18. The van der Waals surface area contributed by atoms with Crippen LogP contribution in [0.15, 0.2) is 35.4 Å². The summed E-state index contributed by atoms with van der Waals surface area (Å²) in [6.45, 7) is 0.423. The van der Waals surface area contributed by atoms with Gasteiger partial charge in [-0.3, -0.25) is 9.78 Å². The first-order valence-corrected chi connectivity index (χ1v) is 6.46. The van der Waals surface area contributed by atoms with Crippen LogP contribution in [0.1, 0.15) is 15.9 Å². The summed E-state index contributed by atoms with van der Waals surface area (Å²) in [4.78, 5) is 33.8. The topological polar surface area (TPSA) is 116 Å². The van der Waals surface area contributed by atoms with Crippen molar-refractivity contribution in [2.75, 3.05) is 12.8 Å². The number of esters is 1. The molecule has 3 rings (SSSR count). The largest absolute Gasteiger partial charge is 0.465 e. The van der Waals surface area contributed by atoms with Crippen LogP contribution >= 0.6 is 0 Å². The van der Waals surface area contributed by atoms with E-state index in [1.807, 2.05) is 0 Å². The van der Waals surface area contributed by atoms with Crippen molar-refractivity contribution in [2.24, 2.45) is 0 Å². The minimum Gasteiger partial charge on any atom is -0.465 e. The third kappa shape index (κ3) is 2.41. The molecule has 0 aliphatic carbocycles. The summed E-state index contributed by atoms with van der Waals surface area (Å²) in [5.74, 6) is -0.360. The van der Waals surface area contributed by atoms with Crippen molar-refractivity contribution in [3.05, 3.63) is 52.1 Å². The second-order valence-corrected chi connectivity index (χ2v) is 4.68. The number of imidazole rings is 1. The van der Waals surface area contributed by atoms with Gasteiger partial charge in [0.25, 0.3) is 5.56 Å². The van der Waals surface area contributed by atoms with Crippen molar-refractivity contribution >= 4 is 23.1 Å². The molecule has 8 heteroatoms. The standard InChI is InChI=1S/C14H13N5O3/c1-22-13(21)9-4-2-8(3-5-9)6-19-7-16-11-10(19)12(20)18-14(15)17-11/h2-5,7H,6H2,1H3,(H3,15,17,18,20). The molecule has 0 aliphatic heterocycles. The molecule has 0 spiro atoms. The number of carbonyl (C=O) groups excluding carboxylic acids is 1. The van der Waals surface area contributed by atoms with Crippen LogP contribution in [0.5, 0.6) is 0 Å². The van der Waals surface area contributed by atoms with Crippen molar-refractivity contribution in [3.8, 4) is 0 Å². The maximum Gasteiger partial charge on any atom is 0.337 e. The molecule has 0 aliphatic rings. The van der Waals surface area contributed by atoms with Crippen molar-refractivity contribution in [1.82, 2.24) is 19.5 Å². The molecule has 0 saturated carbocycles. The molecule has 2 aromatic heterocycles. The van der Waals surface area contributed by atoms with E-state index in [1.165, 1.54) is 13.4 Å². The number of aromatic amines is 1. The first-order chi connectivity index (χ1) is 10.6. The lowest BCUT2D eigenvalue weighted by Crippen LogP contribution is -2.14. The second-order valence-electron chi connectivity index (χ2n) is 4.68. The van der Waals surface area contributed by atoms with Crippen LogP contribution in [0.3, 0.4) is 0 Å². The predicted molar refractivity (Wildman–Crippen MR) is 79.4 cm³/mol. The lowest BCUT2D eigenvalue weighted by molar-refractivity contribution is 0.0600. The van der Waals surface area contributed by atoms with Crippen molar-refractivity contribution in [3.63, 3.8) is 0 Å². The molecule has 1 aromatic carbocycles. The summed E-state index contributed by atoms with van der Waals surface area (Å²) < 4.78 is 6.32. The number of benzene rings is 1. The van der Waals surface area contributed by atoms with E-state index in [9.17, 15) is 9.59 Å². The minimum atomic E-state index is -0.393. The Morgan fingerprint density at radius 1 is 1.36 bits per heavy atom. The molecule has 3 aromatic rings. The summed E-state index contributed by atoms with van der Waals surface area (Å²) in [6, 6.07) is 6.91. The number of hydrogen-bond acceptors (Lipinski definition) is 6. The molecule has 3 N–H and O–H groups in total. The van der Waals surface area contributed by atoms with E-state index < -0.39 is 5.97 Å². The number of nitrogens with one attached hydrogen (secondary N) is 1. The Bertz CT molecular complexity index is 895. The molecule has 112 valence electrons. The smallest absolute Gasteiger partial charge is 0.337 e. The highest BCUT2D eigenvalue weighted by atomic mass is 16.5. The first-order valence-electron chi connectivity index (χ1n) is 6.46. The van der Waals surface area contributed by atoms with Gasteiger partial charge in [0.1, 0.15) is 0 Å². The summed E-state index contributed by atoms with van der Waals surface area (Å²) in [5, 5.41) is 0. The van der Waals surface area contributed by atoms with Crippen LogP contribution in [0.2, 0.25) is 0 Å². The Balaban J connectivity index is 1.93. The van der Waals surface area contributed by atoms with Crippen molar-refractivity contribution < 1.29 is 9.53 Å². The highest BCUT2D eigenvalue weighted by Gasteiger charge is 2.10. The lowest BCUT2D eigenvalue weighted by Gasteiger charge is -2.05. The molecule has 0 unspecified atom stereocenters. The number of aromatic nitrogens is 4. The third-order valence-electron chi connectivity index (χ3n) is 3.23. The minimum absolute atomic E-state index is 0.0326. The van der Waals surface area contributed by atoms with Gasteiger partial charge in [-0.1, -0.05) is 12.1 Å². The molecule has 8 nitrogen and oxygen atoms in total. The van der Waals surface area contributed by atoms with Crippen LogP contribution < -0.4 is 11.3 Å². The van der Waals surface area contributed by atoms with Gasteiger partial charge in [0, 0.05) is 6.54 Å². The van der Waals surface area contributed by atoms with Crippen LogP contribution in [0, 0.1) is 0 Å². The number of methoxy groups -OCH3 is 1. The quantitative estimate of drug-likeness (QED) is 0.682. The van der Waals surface area contributed by atoms with E-state index in [1.54, 1.807) is 28.8 Å². The fraction of sp³-hybridized carbons (Fsp3) is 0.143. The molecule has 2 heterocycles. The number of nitrogens with two attached hydrogens (primary N) is 1. The number of hydrogen-bond donors (Lipinski definition) is 2. The Kier molecular flexibility index (Phi) is 3.34. The molecular formula is C14H13N5O3. The number of anilines is 1. The molecule has 0 bridgehead atoms. The summed E-state index contributed by atoms with van der Waals surface area (Å²) in [6.07, 6.45) is 1.53. The molecule has 0 saturated heterocycles. The van der Waals surface area contributed by atoms with Crippen LogP contribution in [-0.4, -0.2) is 32.6 Å². The zero-order valence-corrected chi connectivity index (χ0v) is 11.7. The van der Waals surface area contributed by atoms with E-state index in [2.05, 4.69) is 19.7 Å². The van der Waals surface area contributed by atoms with E-state index in [4.69, 9.17) is 5.73 Å². The van der Waals surface area contributed by atoms with Gasteiger partial charge in [0.2, 0.25) is 5.95 Å². The van der Waals surface area contributed by atoms with Gasteiger partial charge < -0.3 is 15.0 Å². The normalized spacial score (nSPS) is 10.8. The summed E-state index contributed by atoms with van der Waals surface area (Å²) in [7, 11) is 1.33. The maximum absolute atomic E-state index is 12.0. The highest BCUT2D eigenvalue weighted by Crippen LogP contribution is 2.11. The Morgan fingerprint density at radius 3 is 2.77 bits per heavy atom.